The van der Waals surface area contributed by atoms with Crippen molar-refractivity contribution in [2.45, 2.75) is 10.3 Å². The van der Waals surface area contributed by atoms with Crippen LogP contribution in [0.5, 0.6) is 0 Å². The Morgan fingerprint density at radius 2 is 1.50 bits per heavy atom. The number of thiazole rings is 1. The summed E-state index contributed by atoms with van der Waals surface area (Å²) in [6.45, 7) is 0. The summed E-state index contributed by atoms with van der Waals surface area (Å²) >= 11 is 3.30. The lowest BCUT2D eigenvalue weighted by Gasteiger charge is -2.18. The first-order valence-corrected chi connectivity index (χ1v) is 13.5. The molecule has 1 aliphatic rings. The molecular weight excluding hydrogens is 484 g/mol. The Morgan fingerprint density at radius 1 is 0.833 bits per heavy atom. The Labute approximate surface area is 214 Å². The number of hydrogen-bond donors (Lipinski definition) is 0. The quantitative estimate of drug-likeness (QED) is 0.336. The molecule has 0 radical (unpaired) electrons. The summed E-state index contributed by atoms with van der Waals surface area (Å²) in [5.41, 5.74) is 1.88. The fourth-order valence-corrected chi connectivity index (χ4v) is 7.71. The lowest BCUT2D eigenvalue weighted by atomic mass is 10.1. The van der Waals surface area contributed by atoms with Crippen LogP contribution in [0.15, 0.2) is 87.3 Å². The van der Waals surface area contributed by atoms with Gasteiger partial charge >= 0.3 is 0 Å². The van der Waals surface area contributed by atoms with Gasteiger partial charge in [-0.1, -0.05) is 77.7 Å². The normalized spacial score (nSPS) is 15.3. The number of aryl methyl sites for hydroxylation is 1. The van der Waals surface area contributed by atoms with Gasteiger partial charge in [0.25, 0.3) is 5.01 Å². The molecule has 1 atom stereocenters. The molecule has 0 fully saturated rings. The molecule has 6 heteroatoms. The smallest absolute Gasteiger partial charge is 0.263 e. The van der Waals surface area contributed by atoms with Gasteiger partial charge in [-0.25, -0.2) is 0 Å². The number of benzene rings is 4. The lowest BCUT2D eigenvalue weighted by molar-refractivity contribution is -0.642. The molecule has 0 saturated heterocycles. The van der Waals surface area contributed by atoms with Crippen LogP contribution in [-0.4, -0.2) is 12.4 Å². The van der Waals surface area contributed by atoms with Crippen molar-refractivity contribution in [1.29, 1.82) is 0 Å². The fraction of sp³-hybridized carbons (Fsp3) is 0.100. The molecule has 0 amide bonds. The van der Waals surface area contributed by atoms with Gasteiger partial charge in [0.15, 0.2) is 0 Å². The van der Waals surface area contributed by atoms with Gasteiger partial charge in [-0.15, -0.1) is 0 Å². The third-order valence-corrected chi connectivity index (χ3v) is 9.76. The van der Waals surface area contributed by atoms with E-state index < -0.39 is 0 Å². The molecule has 6 aromatic rings. The maximum absolute atomic E-state index is 13.1. The van der Waals surface area contributed by atoms with Crippen LogP contribution in [0.2, 0.25) is 0 Å². The highest BCUT2D eigenvalue weighted by Crippen LogP contribution is 2.46. The van der Waals surface area contributed by atoms with Crippen molar-refractivity contribution in [3.05, 3.63) is 109 Å². The number of rotatable bonds is 2. The number of anilines is 1. The number of nitrogens with zero attached hydrogens (tertiary/aromatic N) is 2. The van der Waals surface area contributed by atoms with Crippen molar-refractivity contribution in [3.63, 3.8) is 0 Å². The van der Waals surface area contributed by atoms with E-state index in [4.69, 9.17) is 0 Å². The minimum Gasteiger partial charge on any atom is -0.358 e. The zero-order valence-corrected chi connectivity index (χ0v) is 21.3. The molecule has 1 aromatic heterocycles. The van der Waals surface area contributed by atoms with Crippen molar-refractivity contribution < 1.29 is 4.57 Å². The molecule has 0 aliphatic carbocycles. The van der Waals surface area contributed by atoms with Crippen LogP contribution < -0.4 is 30.8 Å². The van der Waals surface area contributed by atoms with Crippen LogP contribution in [0, 0.1) is 0 Å². The molecule has 5 aromatic carbocycles. The summed E-state index contributed by atoms with van der Waals surface area (Å²) < 4.78 is 3.22. The Bertz CT molecular complexity index is 2030. The summed E-state index contributed by atoms with van der Waals surface area (Å²) in [6, 6.07) is 25.0. The van der Waals surface area contributed by atoms with E-state index in [1.807, 2.05) is 44.4 Å². The van der Waals surface area contributed by atoms with Crippen LogP contribution in [-0.2, 0) is 7.05 Å². The summed E-state index contributed by atoms with van der Waals surface area (Å²) in [5.74, 6) is 0. The highest BCUT2D eigenvalue weighted by atomic mass is 32.2. The van der Waals surface area contributed by atoms with E-state index in [1.165, 1.54) is 26.4 Å². The summed E-state index contributed by atoms with van der Waals surface area (Å²) in [5, 5.41) is 6.10. The molecule has 1 unspecified atom stereocenters. The first kappa shape index (κ1) is 21.5. The zero-order chi connectivity index (χ0) is 24.6. The third-order valence-electron chi connectivity index (χ3n) is 7.17. The standard InChI is InChI=1S/C30H21N2O2S2/c1-31-23-13-11-17-7-3-5-9-19(17)29(23)35-25(31)15-21-27(33)22(28(21)34)16-26-32(2)24-14-12-18-8-4-6-10-20(18)30(24)36-26/h3-16,25H,1-2H3/q+1. The topological polar surface area (TPSA) is 41.3 Å². The van der Waals surface area contributed by atoms with Crippen molar-refractivity contribution in [1.82, 2.24) is 0 Å². The predicted molar refractivity (Wildman–Crippen MR) is 151 cm³/mol. The molecule has 0 spiro atoms. The van der Waals surface area contributed by atoms with Gasteiger partial charge in [-0.05, 0) is 34.4 Å². The average Bonchev–Trinajstić information content (AvgIpc) is 3.41. The highest BCUT2D eigenvalue weighted by molar-refractivity contribution is 8.01. The van der Waals surface area contributed by atoms with E-state index in [-0.39, 0.29) is 26.7 Å². The minimum absolute atomic E-state index is 0.0953. The van der Waals surface area contributed by atoms with E-state index in [1.54, 1.807) is 29.2 Å². The third kappa shape index (κ3) is 3.04. The molecule has 174 valence electrons. The van der Waals surface area contributed by atoms with Gasteiger partial charge in [0.2, 0.25) is 16.4 Å². The maximum Gasteiger partial charge on any atom is 0.263 e. The molecule has 2 heterocycles. The van der Waals surface area contributed by atoms with E-state index in [0.717, 1.165) is 20.9 Å². The molecule has 4 nitrogen and oxygen atoms in total. The Hall–Kier alpha value is -3.74. The van der Waals surface area contributed by atoms with Crippen LogP contribution >= 0.6 is 23.1 Å². The second-order valence-corrected chi connectivity index (χ2v) is 11.3. The van der Waals surface area contributed by atoms with Gasteiger partial charge < -0.3 is 4.90 Å². The second kappa shape index (κ2) is 7.88. The minimum atomic E-state index is -0.169. The van der Waals surface area contributed by atoms with Crippen LogP contribution in [0.3, 0.4) is 0 Å². The van der Waals surface area contributed by atoms with Gasteiger partial charge in [0, 0.05) is 29.5 Å². The number of aromatic nitrogens is 1. The SMILES string of the molecule is CN1c2ccc3ccccc3c2SC1C=c1c(=O)c(=Cc2sc3c4ccccc4ccc3[n+]2C)c1=O. The van der Waals surface area contributed by atoms with E-state index in [0.29, 0.717) is 0 Å². The van der Waals surface area contributed by atoms with Crippen molar-refractivity contribution in [2.75, 3.05) is 11.9 Å². The van der Waals surface area contributed by atoms with E-state index in [9.17, 15) is 9.59 Å². The second-order valence-electron chi connectivity index (χ2n) is 9.19. The zero-order valence-electron chi connectivity index (χ0n) is 19.7. The molecule has 0 saturated carbocycles. The molecular formula is C30H21N2O2S2+. The van der Waals surface area contributed by atoms with Crippen molar-refractivity contribution in [2.24, 2.45) is 7.05 Å². The first-order valence-electron chi connectivity index (χ1n) is 11.8. The number of hydrogen-bond acceptors (Lipinski definition) is 5. The summed E-state index contributed by atoms with van der Waals surface area (Å²) in [6.07, 6.45) is 3.59. The number of fused-ring (bicyclic) bond motifs is 6. The highest BCUT2D eigenvalue weighted by Gasteiger charge is 2.28. The summed E-state index contributed by atoms with van der Waals surface area (Å²) in [7, 11) is 4.00. The van der Waals surface area contributed by atoms with Gasteiger partial charge in [-0.2, -0.15) is 4.57 Å². The van der Waals surface area contributed by atoms with Crippen LogP contribution in [0.25, 0.3) is 43.9 Å². The Balaban J connectivity index is 1.30. The largest absolute Gasteiger partial charge is 0.358 e. The van der Waals surface area contributed by atoms with Crippen molar-refractivity contribution >= 4 is 72.7 Å². The van der Waals surface area contributed by atoms with Gasteiger partial charge in [0.05, 0.1) is 21.5 Å². The van der Waals surface area contributed by atoms with Crippen LogP contribution in [0.4, 0.5) is 5.69 Å². The molecule has 36 heavy (non-hydrogen) atoms. The van der Waals surface area contributed by atoms with Gasteiger partial charge in [-0.3, -0.25) is 9.59 Å². The van der Waals surface area contributed by atoms with Gasteiger partial charge in [0.1, 0.15) is 11.7 Å². The van der Waals surface area contributed by atoms with E-state index in [2.05, 4.69) is 58.0 Å². The maximum atomic E-state index is 13.1. The fourth-order valence-electron chi connectivity index (χ4n) is 5.12. The molecule has 0 N–H and O–H groups in total. The molecule has 1 aliphatic heterocycles. The van der Waals surface area contributed by atoms with Crippen molar-refractivity contribution in [3.8, 4) is 0 Å². The predicted octanol–water partition coefficient (Wildman–Crippen LogP) is 3.81. The monoisotopic (exact) mass is 505 g/mol. The Kier molecular flexibility index (Phi) is 4.72. The number of thioether (sulfide) groups is 1. The average molecular weight is 506 g/mol. The first-order chi connectivity index (χ1) is 17.5. The molecule has 0 bridgehead atoms. The lowest BCUT2D eigenvalue weighted by Crippen LogP contribution is -2.65. The Morgan fingerprint density at radius 3 is 2.28 bits per heavy atom. The molecule has 7 rings (SSSR count). The van der Waals surface area contributed by atoms with E-state index >= 15 is 0 Å². The van der Waals surface area contributed by atoms with Crippen LogP contribution in [0.1, 0.15) is 5.01 Å². The summed E-state index contributed by atoms with van der Waals surface area (Å²) in [4.78, 5) is 29.5.